The Labute approximate surface area is 84.3 Å². The Morgan fingerprint density at radius 2 is 1.69 bits per heavy atom. The minimum Gasteiger partial charge on any atom is -0.316 e. The van der Waals surface area contributed by atoms with Crippen molar-refractivity contribution < 1.29 is 0 Å². The molecule has 0 saturated carbocycles. The first-order chi connectivity index (χ1) is 6.16. The summed E-state index contributed by atoms with van der Waals surface area (Å²) in [6.45, 7) is 11.5. The Hall–Kier alpha value is -0.0400. The van der Waals surface area contributed by atoms with Gasteiger partial charge in [0.25, 0.3) is 0 Å². The molecule has 1 nitrogen and oxygen atoms in total. The van der Waals surface area contributed by atoms with Gasteiger partial charge in [-0.25, -0.2) is 0 Å². The quantitative estimate of drug-likeness (QED) is 0.571. The molecule has 0 aliphatic carbocycles. The Morgan fingerprint density at radius 3 is 2.23 bits per heavy atom. The van der Waals surface area contributed by atoms with Crippen molar-refractivity contribution in [2.24, 2.45) is 11.8 Å². The smallest absolute Gasteiger partial charge is 0.00230 e. The molecule has 1 heteroatoms. The van der Waals surface area contributed by atoms with Crippen LogP contribution >= 0.6 is 0 Å². The van der Waals surface area contributed by atoms with E-state index in [9.17, 15) is 0 Å². The van der Waals surface area contributed by atoms with E-state index in [1.165, 1.54) is 32.2 Å². The van der Waals surface area contributed by atoms with Crippen LogP contribution in [-0.2, 0) is 0 Å². The van der Waals surface area contributed by atoms with Crippen LogP contribution in [0.5, 0.6) is 0 Å². The molecular weight excluding hydrogens is 158 g/mol. The van der Waals surface area contributed by atoms with E-state index in [1.54, 1.807) is 0 Å². The van der Waals surface area contributed by atoms with Gasteiger partial charge in [-0.3, -0.25) is 0 Å². The monoisotopic (exact) mass is 185 g/mol. The molecule has 1 atom stereocenters. The zero-order chi connectivity index (χ0) is 10.1. The fourth-order valence-electron chi connectivity index (χ4n) is 1.46. The zero-order valence-electron chi connectivity index (χ0n) is 9.90. The Bertz CT molecular complexity index is 99.3. The van der Waals surface area contributed by atoms with Gasteiger partial charge in [-0.2, -0.15) is 0 Å². The molecule has 0 radical (unpaired) electrons. The maximum absolute atomic E-state index is 3.51. The third-order valence-corrected chi connectivity index (χ3v) is 2.35. The van der Waals surface area contributed by atoms with Gasteiger partial charge in [-0.1, -0.05) is 47.0 Å². The molecule has 0 spiro atoms. The summed E-state index contributed by atoms with van der Waals surface area (Å²) in [6, 6.07) is 0. The van der Waals surface area contributed by atoms with E-state index >= 15 is 0 Å². The summed E-state index contributed by atoms with van der Waals surface area (Å²) in [5, 5.41) is 3.51. The molecule has 0 aliphatic heterocycles. The molecule has 0 aromatic carbocycles. The molecule has 0 amide bonds. The summed E-state index contributed by atoms with van der Waals surface area (Å²) >= 11 is 0. The van der Waals surface area contributed by atoms with Crippen LogP contribution in [0.1, 0.15) is 53.4 Å². The minimum absolute atomic E-state index is 0.780. The minimum atomic E-state index is 0.780. The van der Waals surface area contributed by atoms with Gasteiger partial charge in [0.1, 0.15) is 0 Å². The summed E-state index contributed by atoms with van der Waals surface area (Å²) in [5.41, 5.74) is 0. The molecule has 80 valence electrons. The van der Waals surface area contributed by atoms with Gasteiger partial charge in [-0.05, 0) is 31.3 Å². The van der Waals surface area contributed by atoms with E-state index < -0.39 is 0 Å². The first kappa shape index (κ1) is 13.0. The highest BCUT2D eigenvalue weighted by Crippen LogP contribution is 2.07. The molecule has 0 fully saturated rings. The Balaban J connectivity index is 3.15. The van der Waals surface area contributed by atoms with Gasteiger partial charge in [0.05, 0.1) is 0 Å². The fourth-order valence-corrected chi connectivity index (χ4v) is 1.46. The van der Waals surface area contributed by atoms with Crippen molar-refractivity contribution >= 4 is 0 Å². The van der Waals surface area contributed by atoms with E-state index in [0.29, 0.717) is 0 Å². The average Bonchev–Trinajstić information content (AvgIpc) is 2.04. The lowest BCUT2D eigenvalue weighted by molar-refractivity contribution is 0.438. The second kappa shape index (κ2) is 8.55. The molecule has 0 aromatic heterocycles. The van der Waals surface area contributed by atoms with Crippen molar-refractivity contribution in [1.29, 1.82) is 0 Å². The van der Waals surface area contributed by atoms with Gasteiger partial charge in [0.15, 0.2) is 0 Å². The molecule has 1 unspecified atom stereocenters. The average molecular weight is 185 g/mol. The van der Waals surface area contributed by atoms with Gasteiger partial charge in [0.2, 0.25) is 0 Å². The van der Waals surface area contributed by atoms with Gasteiger partial charge >= 0.3 is 0 Å². The standard InChI is InChI=1S/C12H27N/c1-5-6-7-8-12(4)10-13-9-11(2)3/h11-13H,5-10H2,1-4H3. The van der Waals surface area contributed by atoms with Gasteiger partial charge in [-0.15, -0.1) is 0 Å². The molecule has 13 heavy (non-hydrogen) atoms. The first-order valence-electron chi connectivity index (χ1n) is 5.87. The fraction of sp³-hybridized carbons (Fsp3) is 1.00. The summed E-state index contributed by atoms with van der Waals surface area (Å²) in [7, 11) is 0. The third-order valence-electron chi connectivity index (χ3n) is 2.35. The molecular formula is C12H27N. The third kappa shape index (κ3) is 9.88. The van der Waals surface area contributed by atoms with Crippen LogP contribution in [0.3, 0.4) is 0 Å². The normalized spacial score (nSPS) is 13.6. The summed E-state index contributed by atoms with van der Waals surface area (Å²) < 4.78 is 0. The lowest BCUT2D eigenvalue weighted by Crippen LogP contribution is -2.25. The Kier molecular flexibility index (Phi) is 8.53. The first-order valence-corrected chi connectivity index (χ1v) is 5.87. The summed E-state index contributed by atoms with van der Waals surface area (Å²) in [4.78, 5) is 0. The molecule has 0 rings (SSSR count). The maximum Gasteiger partial charge on any atom is -0.00230 e. The van der Waals surface area contributed by atoms with Crippen LogP contribution in [0.2, 0.25) is 0 Å². The van der Waals surface area contributed by atoms with Crippen molar-refractivity contribution in [3.8, 4) is 0 Å². The van der Waals surface area contributed by atoms with Crippen LogP contribution in [-0.4, -0.2) is 13.1 Å². The molecule has 0 bridgehead atoms. The number of hydrogen-bond donors (Lipinski definition) is 1. The largest absolute Gasteiger partial charge is 0.316 e. The number of nitrogens with one attached hydrogen (secondary N) is 1. The van der Waals surface area contributed by atoms with Crippen LogP contribution in [0.4, 0.5) is 0 Å². The highest BCUT2D eigenvalue weighted by atomic mass is 14.9. The van der Waals surface area contributed by atoms with Crippen molar-refractivity contribution in [3.63, 3.8) is 0 Å². The predicted molar refractivity (Wildman–Crippen MR) is 61.0 cm³/mol. The lowest BCUT2D eigenvalue weighted by atomic mass is 10.0. The zero-order valence-corrected chi connectivity index (χ0v) is 9.90. The second-order valence-corrected chi connectivity index (χ2v) is 4.65. The second-order valence-electron chi connectivity index (χ2n) is 4.65. The van der Waals surface area contributed by atoms with Crippen molar-refractivity contribution in [2.75, 3.05) is 13.1 Å². The summed E-state index contributed by atoms with van der Waals surface area (Å²) in [5.74, 6) is 1.63. The number of unbranched alkanes of at least 4 members (excludes halogenated alkanes) is 2. The predicted octanol–water partition coefficient (Wildman–Crippen LogP) is 3.45. The summed E-state index contributed by atoms with van der Waals surface area (Å²) in [6.07, 6.45) is 5.53. The van der Waals surface area contributed by atoms with Crippen LogP contribution in [0.15, 0.2) is 0 Å². The van der Waals surface area contributed by atoms with Crippen LogP contribution < -0.4 is 5.32 Å². The van der Waals surface area contributed by atoms with Crippen molar-refractivity contribution in [1.82, 2.24) is 5.32 Å². The van der Waals surface area contributed by atoms with E-state index in [0.717, 1.165) is 18.4 Å². The topological polar surface area (TPSA) is 12.0 Å². The van der Waals surface area contributed by atoms with Crippen LogP contribution in [0.25, 0.3) is 0 Å². The van der Waals surface area contributed by atoms with Crippen molar-refractivity contribution in [3.05, 3.63) is 0 Å². The molecule has 0 aliphatic rings. The molecule has 0 saturated heterocycles. The molecule has 0 heterocycles. The number of rotatable bonds is 8. The number of hydrogen-bond acceptors (Lipinski definition) is 1. The highest BCUT2D eigenvalue weighted by molar-refractivity contribution is 4.58. The van der Waals surface area contributed by atoms with E-state index in [-0.39, 0.29) is 0 Å². The molecule has 1 N–H and O–H groups in total. The SMILES string of the molecule is CCCCCC(C)CNCC(C)C. The Morgan fingerprint density at radius 1 is 1.00 bits per heavy atom. The van der Waals surface area contributed by atoms with Crippen LogP contribution in [0, 0.1) is 11.8 Å². The molecule has 0 aromatic rings. The highest BCUT2D eigenvalue weighted by Gasteiger charge is 2.01. The van der Waals surface area contributed by atoms with Gasteiger partial charge in [0, 0.05) is 0 Å². The van der Waals surface area contributed by atoms with Gasteiger partial charge < -0.3 is 5.32 Å². The van der Waals surface area contributed by atoms with E-state index in [1.807, 2.05) is 0 Å². The maximum atomic E-state index is 3.51. The lowest BCUT2D eigenvalue weighted by Gasteiger charge is -2.13. The van der Waals surface area contributed by atoms with Crippen molar-refractivity contribution in [2.45, 2.75) is 53.4 Å². The van der Waals surface area contributed by atoms with E-state index in [4.69, 9.17) is 0 Å². The van der Waals surface area contributed by atoms with E-state index in [2.05, 4.69) is 33.0 Å².